The van der Waals surface area contributed by atoms with Crippen molar-refractivity contribution in [1.29, 1.82) is 0 Å². The summed E-state index contributed by atoms with van der Waals surface area (Å²) < 4.78 is 0. The quantitative estimate of drug-likeness (QED) is 0.628. The largest absolute Gasteiger partial charge is 0.317 e. The molecule has 2 saturated carbocycles. The molecule has 2 aliphatic rings. The van der Waals surface area contributed by atoms with Gasteiger partial charge in [-0.3, -0.25) is 0 Å². The first-order valence-corrected chi connectivity index (χ1v) is 7.22. The van der Waals surface area contributed by atoms with Gasteiger partial charge in [0.05, 0.1) is 0 Å². The van der Waals surface area contributed by atoms with E-state index in [1.54, 1.807) is 0 Å². The molecule has 0 bridgehead atoms. The molecule has 2 aliphatic carbocycles. The highest BCUT2D eigenvalue weighted by Crippen LogP contribution is 2.48. The zero-order chi connectivity index (χ0) is 11.4. The predicted octanol–water partition coefficient (Wildman–Crippen LogP) is 2.26. The maximum Gasteiger partial charge on any atom is -0.00109 e. The standard InChI is InChI=1S/C14H28N2/c1-3-15-8-11(2)9-16-10-14(12-4-5-12)13-6-7-13/h11-16H,3-10H2,1-2H3. The summed E-state index contributed by atoms with van der Waals surface area (Å²) in [7, 11) is 0. The Morgan fingerprint density at radius 1 is 0.938 bits per heavy atom. The third-order valence-corrected chi connectivity index (χ3v) is 4.07. The summed E-state index contributed by atoms with van der Waals surface area (Å²) in [5, 5.41) is 7.11. The van der Waals surface area contributed by atoms with Gasteiger partial charge in [-0.2, -0.15) is 0 Å². The monoisotopic (exact) mass is 224 g/mol. The number of hydrogen-bond donors (Lipinski definition) is 2. The van der Waals surface area contributed by atoms with Gasteiger partial charge in [-0.05, 0) is 75.5 Å². The first-order valence-electron chi connectivity index (χ1n) is 7.22. The van der Waals surface area contributed by atoms with E-state index in [-0.39, 0.29) is 0 Å². The second-order valence-electron chi connectivity index (χ2n) is 5.91. The van der Waals surface area contributed by atoms with Gasteiger partial charge in [0.15, 0.2) is 0 Å². The van der Waals surface area contributed by atoms with Gasteiger partial charge in [0.2, 0.25) is 0 Å². The second kappa shape index (κ2) is 6.02. The van der Waals surface area contributed by atoms with Crippen molar-refractivity contribution >= 4 is 0 Å². The van der Waals surface area contributed by atoms with E-state index in [1.165, 1.54) is 38.8 Å². The van der Waals surface area contributed by atoms with Crippen molar-refractivity contribution in [2.24, 2.45) is 23.7 Å². The van der Waals surface area contributed by atoms with Crippen molar-refractivity contribution in [2.75, 3.05) is 26.2 Å². The van der Waals surface area contributed by atoms with Crippen molar-refractivity contribution in [3.05, 3.63) is 0 Å². The van der Waals surface area contributed by atoms with Crippen LogP contribution in [0.1, 0.15) is 39.5 Å². The van der Waals surface area contributed by atoms with Gasteiger partial charge in [-0.15, -0.1) is 0 Å². The average Bonchev–Trinajstić information content (AvgIpc) is 3.14. The maximum atomic E-state index is 3.70. The highest BCUT2D eigenvalue weighted by atomic mass is 14.9. The van der Waals surface area contributed by atoms with E-state index >= 15 is 0 Å². The van der Waals surface area contributed by atoms with Crippen LogP contribution in [0.4, 0.5) is 0 Å². The lowest BCUT2D eigenvalue weighted by Gasteiger charge is -2.18. The van der Waals surface area contributed by atoms with Crippen LogP contribution >= 0.6 is 0 Å². The molecule has 1 unspecified atom stereocenters. The van der Waals surface area contributed by atoms with Crippen LogP contribution in [0.2, 0.25) is 0 Å². The molecule has 0 aromatic carbocycles. The van der Waals surface area contributed by atoms with Crippen LogP contribution in [0, 0.1) is 23.7 Å². The highest BCUT2D eigenvalue weighted by Gasteiger charge is 2.40. The molecule has 0 saturated heterocycles. The Hall–Kier alpha value is -0.0800. The number of rotatable bonds is 9. The topological polar surface area (TPSA) is 24.1 Å². The Morgan fingerprint density at radius 2 is 1.50 bits per heavy atom. The first-order chi connectivity index (χ1) is 7.81. The lowest BCUT2D eigenvalue weighted by molar-refractivity contribution is 0.362. The SMILES string of the molecule is CCNCC(C)CNCC(C1CC1)C1CC1. The molecule has 0 aliphatic heterocycles. The van der Waals surface area contributed by atoms with Crippen LogP contribution in [0.15, 0.2) is 0 Å². The molecule has 0 aromatic rings. The smallest absolute Gasteiger partial charge is 0.00109 e. The summed E-state index contributed by atoms with van der Waals surface area (Å²) in [6, 6.07) is 0. The van der Waals surface area contributed by atoms with Crippen molar-refractivity contribution < 1.29 is 0 Å². The molecule has 1 atom stereocenters. The normalized spacial score (nSPS) is 22.7. The van der Waals surface area contributed by atoms with Crippen molar-refractivity contribution in [2.45, 2.75) is 39.5 Å². The van der Waals surface area contributed by atoms with E-state index in [2.05, 4.69) is 24.5 Å². The van der Waals surface area contributed by atoms with Crippen molar-refractivity contribution in [3.63, 3.8) is 0 Å². The van der Waals surface area contributed by atoms with Crippen LogP contribution in [0.3, 0.4) is 0 Å². The average molecular weight is 224 g/mol. The fraction of sp³-hybridized carbons (Fsp3) is 1.00. The minimum Gasteiger partial charge on any atom is -0.317 e. The van der Waals surface area contributed by atoms with E-state index in [0.717, 1.165) is 36.8 Å². The molecule has 2 rings (SSSR count). The van der Waals surface area contributed by atoms with Gasteiger partial charge >= 0.3 is 0 Å². The number of hydrogen-bond acceptors (Lipinski definition) is 2. The molecule has 2 heteroatoms. The molecule has 0 heterocycles. The fourth-order valence-corrected chi connectivity index (χ4v) is 2.73. The third-order valence-electron chi connectivity index (χ3n) is 4.07. The molecule has 0 radical (unpaired) electrons. The molecule has 2 nitrogen and oxygen atoms in total. The molecule has 0 amide bonds. The summed E-state index contributed by atoms with van der Waals surface area (Å²) in [6.07, 6.45) is 6.04. The lowest BCUT2D eigenvalue weighted by atomic mass is 9.98. The van der Waals surface area contributed by atoms with Crippen LogP contribution in [-0.4, -0.2) is 26.2 Å². The summed E-state index contributed by atoms with van der Waals surface area (Å²) >= 11 is 0. The van der Waals surface area contributed by atoms with Gasteiger partial charge in [-0.25, -0.2) is 0 Å². The maximum absolute atomic E-state index is 3.70. The van der Waals surface area contributed by atoms with E-state index in [4.69, 9.17) is 0 Å². The van der Waals surface area contributed by atoms with Gasteiger partial charge in [-0.1, -0.05) is 13.8 Å². The van der Waals surface area contributed by atoms with Gasteiger partial charge in [0.25, 0.3) is 0 Å². The Balaban J connectivity index is 1.55. The van der Waals surface area contributed by atoms with Gasteiger partial charge in [0.1, 0.15) is 0 Å². The van der Waals surface area contributed by atoms with Crippen LogP contribution < -0.4 is 10.6 Å². The summed E-state index contributed by atoms with van der Waals surface area (Å²) in [4.78, 5) is 0. The molecule has 0 spiro atoms. The molecule has 94 valence electrons. The van der Waals surface area contributed by atoms with Gasteiger partial charge < -0.3 is 10.6 Å². The summed E-state index contributed by atoms with van der Waals surface area (Å²) in [5.74, 6) is 3.96. The second-order valence-corrected chi connectivity index (χ2v) is 5.91. The summed E-state index contributed by atoms with van der Waals surface area (Å²) in [5.41, 5.74) is 0. The van der Waals surface area contributed by atoms with Crippen molar-refractivity contribution in [1.82, 2.24) is 10.6 Å². The Labute approximate surface area is 101 Å². The zero-order valence-electron chi connectivity index (χ0n) is 11.0. The molecule has 2 N–H and O–H groups in total. The van der Waals surface area contributed by atoms with Crippen LogP contribution in [0.5, 0.6) is 0 Å². The Morgan fingerprint density at radius 3 is 2.00 bits per heavy atom. The lowest BCUT2D eigenvalue weighted by Crippen LogP contribution is -2.33. The molecule has 16 heavy (non-hydrogen) atoms. The minimum atomic E-state index is 0.763. The van der Waals surface area contributed by atoms with Gasteiger partial charge in [0, 0.05) is 0 Å². The zero-order valence-corrected chi connectivity index (χ0v) is 11.0. The van der Waals surface area contributed by atoms with Crippen LogP contribution in [0.25, 0.3) is 0 Å². The molecular formula is C14H28N2. The predicted molar refractivity (Wildman–Crippen MR) is 69.5 cm³/mol. The molecule has 0 aromatic heterocycles. The van der Waals surface area contributed by atoms with E-state index in [1.807, 2.05) is 0 Å². The molecule has 2 fully saturated rings. The Kier molecular flexibility index (Phi) is 4.66. The summed E-state index contributed by atoms with van der Waals surface area (Å²) in [6.45, 7) is 9.22. The highest BCUT2D eigenvalue weighted by molar-refractivity contribution is 4.92. The number of nitrogens with one attached hydrogen (secondary N) is 2. The minimum absolute atomic E-state index is 0.763. The first kappa shape index (κ1) is 12.4. The Bertz CT molecular complexity index is 185. The van der Waals surface area contributed by atoms with E-state index in [0.29, 0.717) is 0 Å². The van der Waals surface area contributed by atoms with Crippen LogP contribution in [-0.2, 0) is 0 Å². The molecular weight excluding hydrogens is 196 g/mol. The third kappa shape index (κ3) is 4.06. The van der Waals surface area contributed by atoms with E-state index < -0.39 is 0 Å². The van der Waals surface area contributed by atoms with Crippen molar-refractivity contribution in [3.8, 4) is 0 Å². The fourth-order valence-electron chi connectivity index (χ4n) is 2.73. The van der Waals surface area contributed by atoms with E-state index in [9.17, 15) is 0 Å².